The van der Waals surface area contributed by atoms with Crippen molar-refractivity contribution in [2.45, 2.75) is 95.5 Å². The third-order valence-electron chi connectivity index (χ3n) is 8.39. The van der Waals surface area contributed by atoms with Gasteiger partial charge in [-0.2, -0.15) is 0 Å². The van der Waals surface area contributed by atoms with Crippen LogP contribution in [0.1, 0.15) is 47.5 Å². The number of aliphatic hydroxyl groups excluding tert-OH is 4. The molecule has 6 N–H and O–H groups in total. The molecule has 0 radical (unpaired) electrons. The van der Waals surface area contributed by atoms with Crippen LogP contribution >= 0.6 is 0 Å². The number of nitrogens with one attached hydrogen (secondary N) is 1. The van der Waals surface area contributed by atoms with Gasteiger partial charge in [0.2, 0.25) is 0 Å². The van der Waals surface area contributed by atoms with Crippen LogP contribution in [0.15, 0.2) is 0 Å². The number of ketones is 1. The molecule has 12 atom stereocenters. The SMILES string of the molecule is CO[C@]1(N[C@H]2OCC[C@H](N(C)C)[C@H]2O)C[C@@H](C)C(=O)[C@H](C)[C@@H](O)[C@](C)(O)COC(=O)[C@H](C)[C@@H](O)[C@H](C)[C@H]1O. The Bertz CT molecular complexity index is 811. The summed E-state index contributed by atoms with van der Waals surface area (Å²) < 4.78 is 16.8. The van der Waals surface area contributed by atoms with E-state index in [1.807, 2.05) is 19.0 Å². The van der Waals surface area contributed by atoms with Crippen molar-refractivity contribution in [2.24, 2.45) is 23.7 Å². The molecule has 2 rings (SSSR count). The Kier molecular flexibility index (Phi) is 11.3. The third kappa shape index (κ3) is 6.91. The molecule has 38 heavy (non-hydrogen) atoms. The largest absolute Gasteiger partial charge is 0.462 e. The van der Waals surface area contributed by atoms with Gasteiger partial charge in [-0.3, -0.25) is 14.9 Å². The van der Waals surface area contributed by atoms with E-state index in [-0.39, 0.29) is 12.5 Å². The lowest BCUT2D eigenvalue weighted by molar-refractivity contribution is -0.217. The van der Waals surface area contributed by atoms with Crippen LogP contribution in [0.2, 0.25) is 0 Å². The summed E-state index contributed by atoms with van der Waals surface area (Å²) >= 11 is 0. The molecule has 2 aliphatic heterocycles. The highest BCUT2D eigenvalue weighted by Gasteiger charge is 2.51. The van der Waals surface area contributed by atoms with Gasteiger partial charge in [0, 0.05) is 37.3 Å². The maximum atomic E-state index is 13.4. The molecule has 0 unspecified atom stereocenters. The molecular formula is C26H48N2O10. The number of esters is 1. The minimum Gasteiger partial charge on any atom is -0.462 e. The molecule has 2 aliphatic rings. The number of cyclic esters (lactones) is 1. The minimum atomic E-state index is -1.93. The molecule has 12 heteroatoms. The van der Waals surface area contributed by atoms with E-state index in [2.05, 4.69) is 5.32 Å². The number of methoxy groups -OCH3 is 1. The first-order valence-corrected chi connectivity index (χ1v) is 13.3. The molecule has 0 amide bonds. The van der Waals surface area contributed by atoms with Crippen molar-refractivity contribution in [3.05, 3.63) is 0 Å². The zero-order valence-corrected chi connectivity index (χ0v) is 23.8. The number of hydrogen-bond donors (Lipinski definition) is 6. The Labute approximate surface area is 225 Å². The van der Waals surface area contributed by atoms with Crippen LogP contribution < -0.4 is 5.32 Å². The van der Waals surface area contributed by atoms with Crippen molar-refractivity contribution < 1.29 is 49.3 Å². The van der Waals surface area contributed by atoms with Gasteiger partial charge < -0.3 is 44.6 Å². The fraction of sp³-hybridized carbons (Fsp3) is 0.923. The molecule has 0 aromatic rings. The second-order valence-corrected chi connectivity index (χ2v) is 11.6. The van der Waals surface area contributed by atoms with Crippen molar-refractivity contribution in [1.29, 1.82) is 0 Å². The maximum Gasteiger partial charge on any atom is 0.311 e. The first kappa shape index (κ1) is 33.0. The second kappa shape index (κ2) is 13.0. The van der Waals surface area contributed by atoms with E-state index >= 15 is 0 Å². The summed E-state index contributed by atoms with van der Waals surface area (Å²) in [6.45, 7) is 7.05. The molecule has 0 aliphatic carbocycles. The first-order chi connectivity index (χ1) is 17.5. The number of Topliss-reactive ketones (excluding diaryl/α,β-unsaturated/α-hetero) is 1. The van der Waals surface area contributed by atoms with E-state index in [4.69, 9.17) is 14.2 Å². The molecule has 12 nitrogen and oxygen atoms in total. The Hall–Kier alpha value is -1.22. The van der Waals surface area contributed by atoms with Crippen molar-refractivity contribution in [2.75, 3.05) is 34.4 Å². The Balaban J connectivity index is 2.54. The highest BCUT2D eigenvalue weighted by molar-refractivity contribution is 5.83. The zero-order chi connectivity index (χ0) is 29.2. The number of rotatable bonds is 4. The average molecular weight is 549 g/mol. The highest BCUT2D eigenvalue weighted by atomic mass is 16.6. The molecule has 2 fully saturated rings. The van der Waals surface area contributed by atoms with E-state index in [0.29, 0.717) is 13.0 Å². The van der Waals surface area contributed by atoms with Crippen molar-refractivity contribution >= 4 is 11.8 Å². The first-order valence-electron chi connectivity index (χ1n) is 13.3. The highest BCUT2D eigenvalue weighted by Crippen LogP contribution is 2.34. The van der Waals surface area contributed by atoms with E-state index in [1.165, 1.54) is 34.8 Å². The van der Waals surface area contributed by atoms with Gasteiger partial charge in [0.1, 0.15) is 42.2 Å². The number of likely N-dealkylation sites (N-methyl/N-ethyl adjacent to an activating group) is 1. The predicted octanol–water partition coefficient (Wildman–Crippen LogP) is -1.15. The van der Waals surface area contributed by atoms with Crippen LogP contribution in [0.3, 0.4) is 0 Å². The number of carbonyl (C=O) groups excluding carboxylic acids is 2. The van der Waals surface area contributed by atoms with Gasteiger partial charge in [-0.25, -0.2) is 0 Å². The lowest BCUT2D eigenvalue weighted by Crippen LogP contribution is -2.68. The molecule has 0 spiro atoms. The number of carbonyl (C=O) groups is 2. The lowest BCUT2D eigenvalue weighted by Gasteiger charge is -2.48. The molecular weight excluding hydrogens is 500 g/mol. The predicted molar refractivity (Wildman–Crippen MR) is 137 cm³/mol. The summed E-state index contributed by atoms with van der Waals surface area (Å²) in [6.07, 6.45) is -5.99. The summed E-state index contributed by atoms with van der Waals surface area (Å²) in [7, 11) is 5.00. The van der Waals surface area contributed by atoms with Crippen LogP contribution in [0.25, 0.3) is 0 Å². The summed E-state index contributed by atoms with van der Waals surface area (Å²) in [5.74, 6) is -5.20. The molecule has 0 aromatic carbocycles. The van der Waals surface area contributed by atoms with Gasteiger partial charge in [-0.15, -0.1) is 0 Å². The smallest absolute Gasteiger partial charge is 0.311 e. The van der Waals surface area contributed by atoms with Crippen LogP contribution in [-0.2, 0) is 23.8 Å². The van der Waals surface area contributed by atoms with E-state index < -0.39 is 84.0 Å². The van der Waals surface area contributed by atoms with E-state index in [1.54, 1.807) is 6.92 Å². The zero-order valence-electron chi connectivity index (χ0n) is 23.8. The van der Waals surface area contributed by atoms with Crippen molar-refractivity contribution in [3.8, 4) is 0 Å². The number of ether oxygens (including phenoxy) is 3. The Morgan fingerprint density at radius 3 is 2.16 bits per heavy atom. The number of nitrogens with zero attached hydrogens (tertiary/aromatic N) is 1. The maximum absolute atomic E-state index is 13.4. The van der Waals surface area contributed by atoms with Crippen LogP contribution in [0, 0.1) is 23.7 Å². The standard InChI is InChI=1S/C26H48N2O10/c1-13-11-26(36-8,27-23-20(31)17(28(6)7)9-10-37-23)22(33)15(3)19(30)16(4)24(34)38-12-25(5,35)21(32)14(2)18(13)29/h13-17,19-23,27,30-33,35H,9-12H2,1-8H3/t13-,14+,15+,16-,17+,19+,20-,21-,22-,23+,25-,26-/m1/s1. The third-order valence-corrected chi connectivity index (χ3v) is 8.39. The lowest BCUT2D eigenvalue weighted by atomic mass is 9.77. The number of hydrogen-bond acceptors (Lipinski definition) is 12. The van der Waals surface area contributed by atoms with Crippen LogP contribution in [0.4, 0.5) is 0 Å². The summed E-state index contributed by atoms with van der Waals surface area (Å²) in [4.78, 5) is 28.0. The van der Waals surface area contributed by atoms with Gasteiger partial charge in [0.15, 0.2) is 0 Å². The van der Waals surface area contributed by atoms with Crippen molar-refractivity contribution in [3.63, 3.8) is 0 Å². The molecule has 2 heterocycles. The normalized spacial score (nSPS) is 46.5. The van der Waals surface area contributed by atoms with Gasteiger partial charge in [0.05, 0.1) is 24.7 Å². The van der Waals surface area contributed by atoms with Crippen LogP contribution in [-0.4, -0.2) is 125 Å². The Morgan fingerprint density at radius 1 is 1.00 bits per heavy atom. The summed E-state index contributed by atoms with van der Waals surface area (Å²) in [5, 5.41) is 58.4. The van der Waals surface area contributed by atoms with E-state index in [0.717, 1.165) is 0 Å². The molecule has 0 saturated carbocycles. The van der Waals surface area contributed by atoms with Gasteiger partial charge in [-0.1, -0.05) is 20.8 Å². The van der Waals surface area contributed by atoms with Crippen LogP contribution in [0.5, 0.6) is 0 Å². The van der Waals surface area contributed by atoms with Gasteiger partial charge >= 0.3 is 5.97 Å². The molecule has 222 valence electrons. The number of aliphatic hydroxyl groups is 5. The van der Waals surface area contributed by atoms with Crippen molar-refractivity contribution in [1.82, 2.24) is 10.2 Å². The molecule has 2 saturated heterocycles. The topological polar surface area (TPSA) is 178 Å². The monoisotopic (exact) mass is 548 g/mol. The quantitative estimate of drug-likeness (QED) is 0.184. The minimum absolute atomic E-state index is 0.127. The van der Waals surface area contributed by atoms with E-state index in [9.17, 15) is 35.1 Å². The second-order valence-electron chi connectivity index (χ2n) is 11.6. The summed E-state index contributed by atoms with van der Waals surface area (Å²) in [6, 6.07) is -0.250. The molecule has 0 aromatic heterocycles. The van der Waals surface area contributed by atoms with Gasteiger partial charge in [0.25, 0.3) is 0 Å². The fourth-order valence-electron chi connectivity index (χ4n) is 5.59. The molecule has 0 bridgehead atoms. The Morgan fingerprint density at radius 2 is 1.61 bits per heavy atom. The average Bonchev–Trinajstić information content (AvgIpc) is 2.88. The summed E-state index contributed by atoms with van der Waals surface area (Å²) in [5.41, 5.74) is -3.64. The van der Waals surface area contributed by atoms with Gasteiger partial charge in [-0.05, 0) is 34.4 Å². The fourth-order valence-corrected chi connectivity index (χ4v) is 5.59.